The van der Waals surface area contributed by atoms with Crippen LogP contribution in [0.4, 0.5) is 18.9 Å². The standard InChI is InChI=1S/C40H41F3N2O6/c1-6-50-34-18-25(12-14-33(34)51-32-15-13-26(40(41,42)43)19-27(32)45(48)49)35-36-28(20-38(2,3)22-30(36)46)44(17-16-24-10-8-7-9-11-24)29-21-39(4,5)23-31(47)37(29)35/h7-15,18-19,35H,6,16-17,20-23H2,1-5H3. The van der Waals surface area contributed by atoms with E-state index in [-0.39, 0.29) is 40.5 Å². The van der Waals surface area contributed by atoms with Crippen molar-refractivity contribution in [1.29, 1.82) is 0 Å². The summed E-state index contributed by atoms with van der Waals surface area (Å²) >= 11 is 0. The van der Waals surface area contributed by atoms with Crippen molar-refractivity contribution in [2.75, 3.05) is 13.2 Å². The van der Waals surface area contributed by atoms with Gasteiger partial charge in [-0.15, -0.1) is 0 Å². The summed E-state index contributed by atoms with van der Waals surface area (Å²) in [6.45, 7) is 10.8. The number of nitro groups is 1. The molecule has 0 saturated carbocycles. The van der Waals surface area contributed by atoms with E-state index in [2.05, 4.69) is 44.7 Å². The van der Waals surface area contributed by atoms with E-state index >= 15 is 0 Å². The van der Waals surface area contributed by atoms with Gasteiger partial charge in [0.25, 0.3) is 0 Å². The number of hydrogen-bond donors (Lipinski definition) is 0. The highest BCUT2D eigenvalue weighted by atomic mass is 19.4. The average Bonchev–Trinajstić information content (AvgIpc) is 3.03. The van der Waals surface area contributed by atoms with Gasteiger partial charge >= 0.3 is 11.9 Å². The first-order valence-electron chi connectivity index (χ1n) is 17.1. The lowest BCUT2D eigenvalue weighted by atomic mass is 9.63. The summed E-state index contributed by atoms with van der Waals surface area (Å²) in [5.74, 6) is -0.911. The fraction of sp³-hybridized carbons (Fsp3) is 0.400. The minimum Gasteiger partial charge on any atom is -0.490 e. The van der Waals surface area contributed by atoms with E-state index in [0.717, 1.165) is 35.5 Å². The van der Waals surface area contributed by atoms with Crippen molar-refractivity contribution in [3.05, 3.63) is 116 Å². The fourth-order valence-electron chi connectivity index (χ4n) is 7.63. The summed E-state index contributed by atoms with van der Waals surface area (Å²) in [6, 6.07) is 17.1. The first kappa shape index (κ1) is 35.9. The molecule has 0 aromatic heterocycles. The maximum Gasteiger partial charge on any atom is 0.416 e. The van der Waals surface area contributed by atoms with Crippen LogP contribution in [0.5, 0.6) is 17.2 Å². The number of allylic oxidation sites excluding steroid dienone is 4. The number of ether oxygens (including phenoxy) is 2. The minimum atomic E-state index is -4.78. The Balaban J connectivity index is 1.48. The Kier molecular flexibility index (Phi) is 9.37. The van der Waals surface area contributed by atoms with Crippen LogP contribution < -0.4 is 9.47 Å². The van der Waals surface area contributed by atoms with Gasteiger partial charge in [0.15, 0.2) is 23.1 Å². The zero-order valence-electron chi connectivity index (χ0n) is 29.4. The van der Waals surface area contributed by atoms with E-state index in [4.69, 9.17) is 9.47 Å². The fourth-order valence-corrected chi connectivity index (χ4v) is 7.63. The molecular weight excluding hydrogens is 661 g/mol. The highest BCUT2D eigenvalue weighted by molar-refractivity contribution is 6.06. The van der Waals surface area contributed by atoms with Gasteiger partial charge < -0.3 is 14.4 Å². The summed E-state index contributed by atoms with van der Waals surface area (Å²) in [5.41, 5.74) is 2.14. The lowest BCUT2D eigenvalue weighted by Gasteiger charge is -2.49. The second-order valence-corrected chi connectivity index (χ2v) is 15.1. The smallest absolute Gasteiger partial charge is 0.416 e. The second-order valence-electron chi connectivity index (χ2n) is 15.1. The van der Waals surface area contributed by atoms with E-state index < -0.39 is 34.0 Å². The predicted molar refractivity (Wildman–Crippen MR) is 185 cm³/mol. The molecule has 3 aromatic rings. The molecule has 1 heterocycles. The Morgan fingerprint density at radius 1 is 0.824 bits per heavy atom. The third kappa shape index (κ3) is 7.29. The summed E-state index contributed by atoms with van der Waals surface area (Å²) in [6.07, 6.45) is -2.15. The number of nitrogens with zero attached hydrogens (tertiary/aromatic N) is 2. The lowest BCUT2D eigenvalue weighted by molar-refractivity contribution is -0.385. The van der Waals surface area contributed by atoms with Crippen LogP contribution in [-0.2, 0) is 22.2 Å². The number of halogens is 3. The number of alkyl halides is 3. The number of carbonyl (C=O) groups excluding carboxylic acids is 2. The number of ketones is 2. The first-order valence-corrected chi connectivity index (χ1v) is 17.1. The molecule has 8 nitrogen and oxygen atoms in total. The van der Waals surface area contributed by atoms with Crippen molar-refractivity contribution in [2.45, 2.75) is 78.8 Å². The first-order chi connectivity index (χ1) is 24.0. The molecule has 0 saturated heterocycles. The second kappa shape index (κ2) is 13.3. The van der Waals surface area contributed by atoms with Crippen molar-refractivity contribution in [2.24, 2.45) is 10.8 Å². The van der Waals surface area contributed by atoms with Crippen molar-refractivity contribution >= 4 is 17.3 Å². The number of nitro benzene ring substituents is 1. The molecule has 11 heteroatoms. The third-order valence-corrected chi connectivity index (χ3v) is 9.79. The van der Waals surface area contributed by atoms with Gasteiger partial charge in [-0.3, -0.25) is 19.7 Å². The highest BCUT2D eigenvalue weighted by Gasteiger charge is 2.49. The van der Waals surface area contributed by atoms with E-state index in [9.17, 15) is 32.9 Å². The van der Waals surface area contributed by atoms with Gasteiger partial charge in [0, 0.05) is 53.9 Å². The zero-order chi connectivity index (χ0) is 36.9. The largest absolute Gasteiger partial charge is 0.490 e. The maximum atomic E-state index is 14.3. The zero-order valence-corrected chi connectivity index (χ0v) is 29.4. The van der Waals surface area contributed by atoms with Crippen LogP contribution in [0, 0.1) is 20.9 Å². The van der Waals surface area contributed by atoms with Crippen molar-refractivity contribution < 1.29 is 37.2 Å². The van der Waals surface area contributed by atoms with Gasteiger partial charge in [-0.2, -0.15) is 13.2 Å². The molecule has 2 aliphatic carbocycles. The maximum absolute atomic E-state index is 14.3. The Hall–Kier alpha value is -4.93. The highest BCUT2D eigenvalue weighted by Crippen LogP contribution is 2.55. The molecule has 6 rings (SSSR count). The molecule has 3 aliphatic rings. The molecule has 0 N–H and O–H groups in total. The molecular formula is C40H41F3N2O6. The molecule has 51 heavy (non-hydrogen) atoms. The summed E-state index contributed by atoms with van der Waals surface area (Å²) in [5, 5.41) is 11.8. The molecule has 0 bridgehead atoms. The van der Waals surface area contributed by atoms with Gasteiger partial charge in [0.05, 0.1) is 17.1 Å². The Morgan fingerprint density at radius 2 is 1.41 bits per heavy atom. The molecule has 0 unspecified atom stereocenters. The predicted octanol–water partition coefficient (Wildman–Crippen LogP) is 9.73. The van der Waals surface area contributed by atoms with Crippen LogP contribution in [0.2, 0.25) is 0 Å². The Bertz CT molecular complexity index is 1910. The van der Waals surface area contributed by atoms with Crippen molar-refractivity contribution in [1.82, 2.24) is 4.90 Å². The molecule has 0 amide bonds. The molecule has 0 atom stereocenters. The normalized spacial score (nSPS) is 18.8. The van der Waals surface area contributed by atoms with Crippen molar-refractivity contribution in [3.63, 3.8) is 0 Å². The number of Topliss-reactive ketones (excluding diaryl/α,β-unsaturated/α-hetero) is 2. The molecule has 3 aromatic carbocycles. The topological polar surface area (TPSA) is 99.0 Å². The number of hydrogen-bond acceptors (Lipinski definition) is 7. The minimum absolute atomic E-state index is 0.0289. The van der Waals surface area contributed by atoms with Crippen LogP contribution in [0.1, 0.15) is 82.9 Å². The van der Waals surface area contributed by atoms with E-state index in [1.165, 1.54) is 6.07 Å². The van der Waals surface area contributed by atoms with Gasteiger partial charge in [0.2, 0.25) is 5.75 Å². The van der Waals surface area contributed by atoms with Crippen molar-refractivity contribution in [3.8, 4) is 17.2 Å². The van der Waals surface area contributed by atoms with E-state index in [1.807, 2.05) is 18.2 Å². The molecule has 268 valence electrons. The average molecular weight is 703 g/mol. The molecule has 0 radical (unpaired) electrons. The number of carbonyl (C=O) groups is 2. The quantitative estimate of drug-likeness (QED) is 0.162. The Morgan fingerprint density at radius 3 is 1.96 bits per heavy atom. The molecule has 0 spiro atoms. The molecule has 1 aliphatic heterocycles. The van der Waals surface area contributed by atoms with Crippen LogP contribution in [0.3, 0.4) is 0 Å². The van der Waals surface area contributed by atoms with Crippen LogP contribution >= 0.6 is 0 Å². The molecule has 0 fully saturated rings. The Labute approximate surface area is 295 Å². The van der Waals surface area contributed by atoms with Crippen LogP contribution in [0.25, 0.3) is 0 Å². The van der Waals surface area contributed by atoms with E-state index in [0.29, 0.717) is 55.0 Å². The SMILES string of the molecule is CCOc1cc(C2C3=C(CC(C)(C)CC3=O)N(CCc3ccccc3)C3=C2C(=O)CC(C)(C)C3)ccc1Oc1ccc(C(F)(F)F)cc1[N+](=O)[O-]. The lowest BCUT2D eigenvalue weighted by Crippen LogP contribution is -2.45. The van der Waals surface area contributed by atoms with Gasteiger partial charge in [-0.25, -0.2) is 0 Å². The summed E-state index contributed by atoms with van der Waals surface area (Å²) in [4.78, 5) is 41.6. The van der Waals surface area contributed by atoms with Crippen LogP contribution in [0.15, 0.2) is 89.3 Å². The third-order valence-electron chi connectivity index (χ3n) is 9.79. The number of rotatable bonds is 9. The monoisotopic (exact) mass is 702 g/mol. The van der Waals surface area contributed by atoms with Crippen LogP contribution in [-0.4, -0.2) is 34.5 Å². The van der Waals surface area contributed by atoms with Gasteiger partial charge in [-0.1, -0.05) is 64.1 Å². The van der Waals surface area contributed by atoms with E-state index in [1.54, 1.807) is 19.1 Å². The summed E-state index contributed by atoms with van der Waals surface area (Å²) < 4.78 is 51.9. The van der Waals surface area contributed by atoms with Gasteiger partial charge in [0.1, 0.15) is 0 Å². The van der Waals surface area contributed by atoms with Gasteiger partial charge in [-0.05, 0) is 72.4 Å². The summed E-state index contributed by atoms with van der Waals surface area (Å²) in [7, 11) is 0. The number of benzene rings is 3.